The molecular formula is C23H20ClNO4. The van der Waals surface area contributed by atoms with E-state index in [9.17, 15) is 9.59 Å². The molecule has 0 aliphatic carbocycles. The van der Waals surface area contributed by atoms with E-state index in [1.54, 1.807) is 86.8 Å². The first kappa shape index (κ1) is 20.4. The van der Waals surface area contributed by atoms with Crippen LogP contribution in [0.3, 0.4) is 0 Å². The number of methoxy groups -OCH3 is 1. The van der Waals surface area contributed by atoms with Gasteiger partial charge in [0.25, 0.3) is 5.91 Å². The summed E-state index contributed by atoms with van der Waals surface area (Å²) in [5, 5.41) is 3.37. The number of anilines is 1. The summed E-state index contributed by atoms with van der Waals surface area (Å²) in [5.41, 5.74) is 1.67. The monoisotopic (exact) mass is 409 g/mol. The number of Topliss-reactive ketones (excluding diaryl/α,β-unsaturated/α-hetero) is 1. The van der Waals surface area contributed by atoms with Crippen LogP contribution in [0.1, 0.15) is 27.6 Å². The zero-order valence-corrected chi connectivity index (χ0v) is 16.8. The highest BCUT2D eigenvalue weighted by atomic mass is 35.5. The molecule has 1 N–H and O–H groups in total. The molecule has 3 aromatic rings. The molecule has 0 unspecified atom stereocenters. The predicted octanol–water partition coefficient (Wildman–Crippen LogP) is 5.25. The highest BCUT2D eigenvalue weighted by Gasteiger charge is 2.17. The second kappa shape index (κ2) is 9.26. The fourth-order valence-electron chi connectivity index (χ4n) is 2.67. The number of ether oxygens (including phenoxy) is 2. The van der Waals surface area contributed by atoms with Gasteiger partial charge in [-0.25, -0.2) is 0 Å². The molecule has 6 heteroatoms. The van der Waals surface area contributed by atoms with Crippen LogP contribution in [0.4, 0.5) is 5.69 Å². The van der Waals surface area contributed by atoms with Gasteiger partial charge in [0.1, 0.15) is 11.5 Å². The number of benzene rings is 3. The molecule has 0 aliphatic heterocycles. The number of carbonyl (C=O) groups excluding carboxylic acids is 2. The zero-order valence-electron chi connectivity index (χ0n) is 16.0. The van der Waals surface area contributed by atoms with Crippen LogP contribution in [0, 0.1) is 0 Å². The van der Waals surface area contributed by atoms with Crippen LogP contribution in [-0.4, -0.2) is 24.9 Å². The molecular weight excluding hydrogens is 390 g/mol. The number of nitrogens with one attached hydrogen (secondary N) is 1. The minimum atomic E-state index is -0.655. The normalized spacial score (nSPS) is 11.4. The fourth-order valence-corrected chi connectivity index (χ4v) is 2.79. The Bertz CT molecular complexity index is 983. The summed E-state index contributed by atoms with van der Waals surface area (Å²) in [7, 11) is 1.57. The topological polar surface area (TPSA) is 64.6 Å². The van der Waals surface area contributed by atoms with Crippen molar-refractivity contribution in [1.82, 2.24) is 0 Å². The lowest BCUT2D eigenvalue weighted by Gasteiger charge is -2.14. The third-order valence-corrected chi connectivity index (χ3v) is 4.53. The van der Waals surface area contributed by atoms with Crippen LogP contribution in [0.5, 0.6) is 11.5 Å². The van der Waals surface area contributed by atoms with Gasteiger partial charge in [-0.2, -0.15) is 0 Å². The second-order valence-electron chi connectivity index (χ2n) is 6.34. The van der Waals surface area contributed by atoms with Gasteiger partial charge in [-0.3, -0.25) is 9.59 Å². The summed E-state index contributed by atoms with van der Waals surface area (Å²) < 4.78 is 10.8. The summed E-state index contributed by atoms with van der Waals surface area (Å²) in [4.78, 5) is 24.8. The Morgan fingerprint density at radius 3 is 1.97 bits per heavy atom. The van der Waals surface area contributed by atoms with E-state index in [4.69, 9.17) is 21.1 Å². The standard InChI is InChI=1S/C23H20ClNO4/c1-15(22(26)16-5-11-20(28-2)12-6-16)29-21-13-9-19(10-14-21)25-23(27)17-3-7-18(24)8-4-17/h3-15H,1-2H3,(H,25,27)/t15-/m1/s1. The van der Waals surface area contributed by atoms with Crippen LogP contribution in [0.15, 0.2) is 72.8 Å². The third kappa shape index (κ3) is 5.36. The fraction of sp³-hybridized carbons (Fsp3) is 0.130. The third-order valence-electron chi connectivity index (χ3n) is 4.28. The van der Waals surface area contributed by atoms with Crippen molar-refractivity contribution in [2.45, 2.75) is 13.0 Å². The molecule has 1 atom stereocenters. The lowest BCUT2D eigenvalue weighted by atomic mass is 10.1. The highest BCUT2D eigenvalue weighted by molar-refractivity contribution is 6.30. The maximum atomic E-state index is 12.5. The smallest absolute Gasteiger partial charge is 0.255 e. The molecule has 0 heterocycles. The summed E-state index contributed by atoms with van der Waals surface area (Å²) >= 11 is 5.84. The molecule has 3 rings (SSSR count). The summed E-state index contributed by atoms with van der Waals surface area (Å²) in [5.74, 6) is 0.848. The van der Waals surface area contributed by atoms with E-state index < -0.39 is 6.10 Å². The lowest BCUT2D eigenvalue weighted by Crippen LogP contribution is -2.23. The van der Waals surface area contributed by atoms with Crippen LogP contribution in [0.25, 0.3) is 0 Å². The second-order valence-corrected chi connectivity index (χ2v) is 6.77. The van der Waals surface area contributed by atoms with Gasteiger partial charge in [0, 0.05) is 21.8 Å². The Labute approximate surface area is 174 Å². The maximum Gasteiger partial charge on any atom is 0.255 e. The van der Waals surface area contributed by atoms with Crippen molar-refractivity contribution in [3.63, 3.8) is 0 Å². The van der Waals surface area contributed by atoms with Gasteiger partial charge in [0.15, 0.2) is 6.10 Å². The number of hydrogen-bond acceptors (Lipinski definition) is 4. The minimum absolute atomic E-state index is 0.132. The van der Waals surface area contributed by atoms with E-state index in [0.717, 1.165) is 0 Å². The molecule has 148 valence electrons. The van der Waals surface area contributed by atoms with Crippen molar-refractivity contribution in [3.8, 4) is 11.5 Å². The Morgan fingerprint density at radius 2 is 1.38 bits per heavy atom. The molecule has 0 saturated heterocycles. The largest absolute Gasteiger partial charge is 0.497 e. The number of amides is 1. The molecule has 1 amide bonds. The van der Waals surface area contributed by atoms with Crippen molar-refractivity contribution in [2.75, 3.05) is 12.4 Å². The molecule has 0 radical (unpaired) electrons. The molecule has 5 nitrogen and oxygen atoms in total. The average Bonchev–Trinajstić information content (AvgIpc) is 2.75. The van der Waals surface area contributed by atoms with Gasteiger partial charge in [0.05, 0.1) is 7.11 Å². The van der Waals surface area contributed by atoms with E-state index in [2.05, 4.69) is 5.32 Å². The number of ketones is 1. The number of carbonyl (C=O) groups is 2. The van der Waals surface area contributed by atoms with Crippen molar-refractivity contribution in [2.24, 2.45) is 0 Å². The molecule has 3 aromatic carbocycles. The Morgan fingerprint density at radius 1 is 0.828 bits per heavy atom. The minimum Gasteiger partial charge on any atom is -0.497 e. The van der Waals surface area contributed by atoms with E-state index >= 15 is 0 Å². The number of halogens is 1. The van der Waals surface area contributed by atoms with E-state index in [1.807, 2.05) is 0 Å². The number of hydrogen-bond donors (Lipinski definition) is 1. The first-order chi connectivity index (χ1) is 14.0. The van der Waals surface area contributed by atoms with E-state index in [-0.39, 0.29) is 11.7 Å². The predicted molar refractivity (Wildman–Crippen MR) is 113 cm³/mol. The Balaban J connectivity index is 1.59. The van der Waals surface area contributed by atoms with Gasteiger partial charge in [-0.1, -0.05) is 11.6 Å². The van der Waals surface area contributed by atoms with Crippen LogP contribution in [-0.2, 0) is 0 Å². The van der Waals surface area contributed by atoms with Gasteiger partial charge in [0.2, 0.25) is 5.78 Å². The Hall–Kier alpha value is -3.31. The summed E-state index contributed by atoms with van der Waals surface area (Å²) in [6, 6.07) is 20.3. The summed E-state index contributed by atoms with van der Waals surface area (Å²) in [6.45, 7) is 1.70. The molecule has 29 heavy (non-hydrogen) atoms. The van der Waals surface area contributed by atoms with Gasteiger partial charge < -0.3 is 14.8 Å². The van der Waals surface area contributed by atoms with Crippen LogP contribution >= 0.6 is 11.6 Å². The highest BCUT2D eigenvalue weighted by Crippen LogP contribution is 2.20. The molecule has 0 bridgehead atoms. The van der Waals surface area contributed by atoms with Crippen LogP contribution < -0.4 is 14.8 Å². The van der Waals surface area contributed by atoms with Gasteiger partial charge >= 0.3 is 0 Å². The first-order valence-corrected chi connectivity index (χ1v) is 9.36. The Kier molecular flexibility index (Phi) is 6.52. The molecule has 0 saturated carbocycles. The molecule has 0 fully saturated rings. The summed E-state index contributed by atoms with van der Waals surface area (Å²) in [6.07, 6.45) is -0.655. The van der Waals surface area contributed by atoms with Gasteiger partial charge in [-0.15, -0.1) is 0 Å². The van der Waals surface area contributed by atoms with E-state index in [0.29, 0.717) is 33.3 Å². The van der Waals surface area contributed by atoms with Crippen molar-refractivity contribution >= 4 is 29.0 Å². The SMILES string of the molecule is COc1ccc(C(=O)[C@@H](C)Oc2ccc(NC(=O)c3ccc(Cl)cc3)cc2)cc1. The van der Waals surface area contributed by atoms with Crippen LogP contribution in [0.2, 0.25) is 5.02 Å². The maximum absolute atomic E-state index is 12.5. The average molecular weight is 410 g/mol. The van der Waals surface area contributed by atoms with Crippen molar-refractivity contribution in [3.05, 3.63) is 88.9 Å². The van der Waals surface area contributed by atoms with Gasteiger partial charge in [-0.05, 0) is 79.7 Å². The van der Waals surface area contributed by atoms with Crippen molar-refractivity contribution < 1.29 is 19.1 Å². The molecule has 0 aliphatic rings. The molecule has 0 aromatic heterocycles. The first-order valence-electron chi connectivity index (χ1n) is 8.98. The number of rotatable bonds is 7. The van der Waals surface area contributed by atoms with Crippen molar-refractivity contribution in [1.29, 1.82) is 0 Å². The molecule has 0 spiro atoms. The zero-order chi connectivity index (χ0) is 20.8. The lowest BCUT2D eigenvalue weighted by molar-refractivity contribution is 0.0818. The quantitative estimate of drug-likeness (QED) is 0.541. The van der Waals surface area contributed by atoms with E-state index in [1.165, 1.54) is 0 Å².